The number of nitrogens with one attached hydrogen (secondary N) is 1. The maximum Gasteiger partial charge on any atom is 0.326 e. The number of amides is 2. The van der Waals surface area contributed by atoms with Crippen LogP contribution in [0.1, 0.15) is 12.1 Å². The second kappa shape index (κ2) is 5.91. The fraction of sp³-hybridized carbons (Fsp3) is 0.583. The minimum Gasteiger partial charge on any atom is -0.480 e. The van der Waals surface area contributed by atoms with E-state index in [1.807, 2.05) is 13.1 Å². The van der Waals surface area contributed by atoms with E-state index in [1.165, 1.54) is 0 Å². The van der Waals surface area contributed by atoms with Gasteiger partial charge in [0.2, 0.25) is 0 Å². The van der Waals surface area contributed by atoms with Crippen molar-refractivity contribution < 1.29 is 19.8 Å². The number of carbonyl (C=O) groups is 2. The second-order valence-electron chi connectivity index (χ2n) is 4.82. The molecule has 1 saturated heterocycles. The predicted molar refractivity (Wildman–Crippen MR) is 69.1 cm³/mol. The van der Waals surface area contributed by atoms with E-state index in [-0.39, 0.29) is 13.0 Å². The minimum atomic E-state index is -1.09. The molecule has 0 aromatic carbocycles. The largest absolute Gasteiger partial charge is 0.480 e. The van der Waals surface area contributed by atoms with Gasteiger partial charge >= 0.3 is 12.0 Å². The number of aliphatic carboxylic acids is 1. The number of aliphatic hydroxyl groups is 1. The fourth-order valence-electron chi connectivity index (χ4n) is 2.32. The lowest BCUT2D eigenvalue weighted by Crippen LogP contribution is -2.46. The number of hydrogen-bond donors (Lipinski definition) is 3. The number of carbonyl (C=O) groups excluding carboxylic acids is 1. The molecule has 110 valence electrons. The number of urea groups is 1. The van der Waals surface area contributed by atoms with Crippen molar-refractivity contribution in [3.8, 4) is 0 Å². The zero-order valence-electron chi connectivity index (χ0n) is 11.2. The van der Waals surface area contributed by atoms with Crippen molar-refractivity contribution in [1.29, 1.82) is 0 Å². The van der Waals surface area contributed by atoms with E-state index >= 15 is 0 Å². The van der Waals surface area contributed by atoms with Crippen molar-refractivity contribution in [2.45, 2.75) is 25.0 Å². The summed E-state index contributed by atoms with van der Waals surface area (Å²) >= 11 is 0. The number of rotatable bonds is 4. The molecule has 0 saturated carbocycles. The number of aryl methyl sites for hydroxylation is 1. The number of aliphatic hydroxyl groups excluding tert-OH is 1. The van der Waals surface area contributed by atoms with Crippen molar-refractivity contribution in [1.82, 2.24) is 20.0 Å². The highest BCUT2D eigenvalue weighted by Crippen LogP contribution is 2.18. The highest BCUT2D eigenvalue weighted by Gasteiger charge is 2.38. The third-order valence-electron chi connectivity index (χ3n) is 3.40. The maximum absolute atomic E-state index is 11.9. The zero-order valence-corrected chi connectivity index (χ0v) is 11.2. The van der Waals surface area contributed by atoms with Crippen LogP contribution in [0.25, 0.3) is 0 Å². The van der Waals surface area contributed by atoms with Crippen molar-refractivity contribution >= 4 is 12.0 Å². The van der Waals surface area contributed by atoms with Gasteiger partial charge in [-0.1, -0.05) is 0 Å². The quantitative estimate of drug-likeness (QED) is 0.669. The van der Waals surface area contributed by atoms with Crippen molar-refractivity contribution in [2.75, 3.05) is 13.1 Å². The average molecular weight is 282 g/mol. The molecule has 1 fully saturated rings. The van der Waals surface area contributed by atoms with E-state index in [4.69, 9.17) is 5.11 Å². The Morgan fingerprint density at radius 3 is 2.90 bits per heavy atom. The van der Waals surface area contributed by atoms with Crippen LogP contribution in [0.2, 0.25) is 0 Å². The van der Waals surface area contributed by atoms with Crippen molar-refractivity contribution in [3.05, 3.63) is 18.0 Å². The Labute approximate surface area is 116 Å². The van der Waals surface area contributed by atoms with Gasteiger partial charge in [0, 0.05) is 44.9 Å². The first-order valence-electron chi connectivity index (χ1n) is 6.41. The van der Waals surface area contributed by atoms with Gasteiger partial charge < -0.3 is 20.4 Å². The van der Waals surface area contributed by atoms with Gasteiger partial charge in [-0.3, -0.25) is 4.68 Å². The van der Waals surface area contributed by atoms with Crippen LogP contribution in [0, 0.1) is 0 Å². The van der Waals surface area contributed by atoms with Gasteiger partial charge in [-0.2, -0.15) is 5.10 Å². The highest BCUT2D eigenvalue weighted by atomic mass is 16.4. The van der Waals surface area contributed by atoms with Crippen molar-refractivity contribution in [3.63, 3.8) is 0 Å². The average Bonchev–Trinajstić information content (AvgIpc) is 2.96. The number of hydrogen-bond acceptors (Lipinski definition) is 4. The molecule has 1 aliphatic rings. The van der Waals surface area contributed by atoms with E-state index in [2.05, 4.69) is 10.4 Å². The van der Waals surface area contributed by atoms with Gasteiger partial charge in [0.1, 0.15) is 6.04 Å². The molecule has 0 aliphatic carbocycles. The summed E-state index contributed by atoms with van der Waals surface area (Å²) in [5.74, 6) is -1.09. The van der Waals surface area contributed by atoms with Crippen LogP contribution in [0.5, 0.6) is 0 Å². The molecule has 1 aromatic heterocycles. The summed E-state index contributed by atoms with van der Waals surface area (Å²) in [5, 5.41) is 25.2. The number of carboxylic acid groups (broad SMARTS) is 1. The molecule has 2 heterocycles. The van der Waals surface area contributed by atoms with Gasteiger partial charge in [0.25, 0.3) is 0 Å². The first-order valence-corrected chi connectivity index (χ1v) is 6.41. The molecular formula is C12H18N4O4. The van der Waals surface area contributed by atoms with Gasteiger partial charge in [-0.25, -0.2) is 9.59 Å². The molecule has 0 radical (unpaired) electrons. The van der Waals surface area contributed by atoms with E-state index in [0.717, 1.165) is 10.6 Å². The highest BCUT2D eigenvalue weighted by molar-refractivity contribution is 5.83. The number of β-amino-alcohol motifs (C(OH)–C–C–N with tert-alkyl or cyclic N) is 1. The smallest absolute Gasteiger partial charge is 0.326 e. The van der Waals surface area contributed by atoms with Crippen LogP contribution in [-0.2, 0) is 18.3 Å². The Morgan fingerprint density at radius 2 is 2.30 bits per heavy atom. The van der Waals surface area contributed by atoms with E-state index < -0.39 is 24.1 Å². The number of likely N-dealkylation sites (tertiary alicyclic amines) is 1. The third kappa shape index (κ3) is 3.08. The molecule has 8 heteroatoms. The summed E-state index contributed by atoms with van der Waals surface area (Å²) in [4.78, 5) is 24.1. The summed E-state index contributed by atoms with van der Waals surface area (Å²) in [6.45, 7) is 0.436. The molecular weight excluding hydrogens is 264 g/mol. The molecule has 1 aromatic rings. The fourth-order valence-corrected chi connectivity index (χ4v) is 2.32. The van der Waals surface area contributed by atoms with E-state index in [9.17, 15) is 14.7 Å². The third-order valence-corrected chi connectivity index (χ3v) is 3.40. The van der Waals surface area contributed by atoms with Gasteiger partial charge in [-0.15, -0.1) is 0 Å². The Kier molecular flexibility index (Phi) is 4.23. The van der Waals surface area contributed by atoms with Gasteiger partial charge in [0.15, 0.2) is 0 Å². The Hall–Kier alpha value is -2.09. The summed E-state index contributed by atoms with van der Waals surface area (Å²) in [6, 6.07) is 0.434. The second-order valence-corrected chi connectivity index (χ2v) is 4.82. The lowest BCUT2D eigenvalue weighted by atomic mass is 10.2. The first-order chi connectivity index (χ1) is 9.49. The summed E-state index contributed by atoms with van der Waals surface area (Å²) in [5.41, 5.74) is 0.974. The molecule has 2 atom stereocenters. The number of nitrogens with zero attached hydrogens (tertiary/aromatic N) is 3. The number of carboxylic acids is 1. The topological polar surface area (TPSA) is 108 Å². The minimum absolute atomic E-state index is 0.0501. The summed E-state index contributed by atoms with van der Waals surface area (Å²) < 4.78 is 1.71. The molecule has 0 spiro atoms. The van der Waals surface area contributed by atoms with Crippen LogP contribution in [0.15, 0.2) is 12.3 Å². The van der Waals surface area contributed by atoms with Gasteiger partial charge in [0.05, 0.1) is 6.10 Å². The molecule has 2 rings (SSSR count). The molecule has 8 nitrogen and oxygen atoms in total. The SMILES string of the molecule is Cn1nccc1CCNC(=O)N1C[C@H](O)C[C@H]1C(=O)O. The monoisotopic (exact) mass is 282 g/mol. The Bertz CT molecular complexity index is 501. The Balaban J connectivity index is 1.85. The molecule has 0 bridgehead atoms. The summed E-state index contributed by atoms with van der Waals surface area (Å²) in [6.07, 6.45) is 1.58. The van der Waals surface area contributed by atoms with Crippen LogP contribution < -0.4 is 5.32 Å². The molecule has 3 N–H and O–H groups in total. The lowest BCUT2D eigenvalue weighted by Gasteiger charge is -2.21. The zero-order chi connectivity index (χ0) is 14.7. The lowest BCUT2D eigenvalue weighted by molar-refractivity contribution is -0.141. The normalized spacial score (nSPS) is 22.0. The van der Waals surface area contributed by atoms with Crippen LogP contribution in [0.4, 0.5) is 4.79 Å². The molecule has 2 amide bonds. The Morgan fingerprint density at radius 1 is 1.55 bits per heavy atom. The summed E-state index contributed by atoms with van der Waals surface area (Å²) in [7, 11) is 1.81. The van der Waals surface area contributed by atoms with Crippen LogP contribution in [-0.4, -0.2) is 62.1 Å². The van der Waals surface area contributed by atoms with Gasteiger partial charge in [-0.05, 0) is 6.07 Å². The molecule has 1 aliphatic heterocycles. The molecule has 20 heavy (non-hydrogen) atoms. The van der Waals surface area contributed by atoms with Crippen LogP contribution >= 0.6 is 0 Å². The van der Waals surface area contributed by atoms with E-state index in [0.29, 0.717) is 13.0 Å². The van der Waals surface area contributed by atoms with Crippen LogP contribution in [0.3, 0.4) is 0 Å². The van der Waals surface area contributed by atoms with E-state index in [1.54, 1.807) is 10.9 Å². The van der Waals surface area contributed by atoms with Crippen molar-refractivity contribution in [2.24, 2.45) is 7.05 Å². The standard InChI is InChI=1S/C12H18N4O4/c1-15-8(3-5-14-15)2-4-13-12(20)16-7-9(17)6-10(16)11(18)19/h3,5,9-10,17H,2,4,6-7H2,1H3,(H,13,20)(H,18,19)/t9-,10+/m1/s1. The first kappa shape index (κ1) is 14.3. The maximum atomic E-state index is 11.9. The number of aromatic nitrogens is 2. The molecule has 0 unspecified atom stereocenters. The predicted octanol–water partition coefficient (Wildman–Crippen LogP) is -0.808.